The first-order chi connectivity index (χ1) is 8.45. The van der Waals surface area contributed by atoms with Crippen molar-refractivity contribution in [2.24, 2.45) is 5.92 Å². The van der Waals surface area contributed by atoms with Crippen molar-refractivity contribution in [3.8, 4) is 0 Å². The van der Waals surface area contributed by atoms with E-state index in [1.165, 1.54) is 4.31 Å². The van der Waals surface area contributed by atoms with Crippen LogP contribution in [0.4, 0.5) is 0 Å². The van der Waals surface area contributed by atoms with Crippen molar-refractivity contribution in [2.75, 3.05) is 20.6 Å². The van der Waals surface area contributed by atoms with E-state index in [0.29, 0.717) is 24.8 Å². The Morgan fingerprint density at radius 2 is 2.22 bits per heavy atom. The molecule has 0 aromatic carbocycles. The molecule has 2 rings (SSSR count). The molecule has 0 radical (unpaired) electrons. The van der Waals surface area contributed by atoms with Crippen LogP contribution in [0, 0.1) is 5.92 Å². The summed E-state index contributed by atoms with van der Waals surface area (Å²) in [7, 11) is -0.0598. The van der Waals surface area contributed by atoms with Gasteiger partial charge in [0.15, 0.2) is 4.67 Å². The number of sulfonamides is 1. The number of hydrogen-bond acceptors (Lipinski definition) is 4. The van der Waals surface area contributed by atoms with E-state index in [1.807, 2.05) is 0 Å². The van der Waals surface area contributed by atoms with Gasteiger partial charge in [0.2, 0.25) is 10.0 Å². The molecule has 7 heteroatoms. The minimum absolute atomic E-state index is 0.205. The molecular weight excluding hydrogens is 320 g/mol. The maximum atomic E-state index is 12.3. The van der Waals surface area contributed by atoms with Crippen molar-refractivity contribution >= 4 is 26.0 Å². The Labute approximate surface area is 116 Å². The molecule has 1 aliphatic carbocycles. The molecule has 1 heterocycles. The predicted octanol–water partition coefficient (Wildman–Crippen LogP) is 1.79. The second-order valence-electron chi connectivity index (χ2n) is 4.61. The molecule has 1 fully saturated rings. The third kappa shape index (κ3) is 2.96. The Morgan fingerprint density at radius 1 is 1.56 bits per heavy atom. The molecule has 0 saturated heterocycles. The second-order valence-corrected chi connectivity index (χ2v) is 7.34. The summed E-state index contributed by atoms with van der Waals surface area (Å²) in [5, 5.41) is 2.92. The Balaban J connectivity index is 2.22. The maximum Gasteiger partial charge on any atom is 0.247 e. The zero-order valence-corrected chi connectivity index (χ0v) is 12.8. The van der Waals surface area contributed by atoms with Crippen LogP contribution in [0.25, 0.3) is 0 Å². The van der Waals surface area contributed by atoms with Crippen LogP contribution in [-0.2, 0) is 16.6 Å². The second kappa shape index (κ2) is 5.32. The monoisotopic (exact) mass is 336 g/mol. The Hall–Kier alpha value is -0.370. The summed E-state index contributed by atoms with van der Waals surface area (Å²) in [5.41, 5.74) is 0. The minimum atomic E-state index is -3.46. The molecule has 102 valence electrons. The molecule has 0 aliphatic heterocycles. The van der Waals surface area contributed by atoms with Gasteiger partial charge < -0.3 is 9.73 Å². The third-order valence-corrected chi connectivity index (χ3v) is 5.64. The van der Waals surface area contributed by atoms with Gasteiger partial charge in [-0.25, -0.2) is 12.7 Å². The zero-order valence-electron chi connectivity index (χ0n) is 10.4. The number of rotatable bonds is 6. The minimum Gasteiger partial charge on any atom is -0.452 e. The van der Waals surface area contributed by atoms with Gasteiger partial charge in [-0.2, -0.15) is 0 Å². The van der Waals surface area contributed by atoms with E-state index >= 15 is 0 Å². The van der Waals surface area contributed by atoms with Crippen LogP contribution < -0.4 is 5.32 Å². The molecule has 1 aromatic heterocycles. The van der Waals surface area contributed by atoms with Crippen LogP contribution in [0.2, 0.25) is 0 Å². The molecule has 1 saturated carbocycles. The van der Waals surface area contributed by atoms with Gasteiger partial charge in [0.25, 0.3) is 0 Å². The van der Waals surface area contributed by atoms with Gasteiger partial charge in [-0.1, -0.05) is 0 Å². The fourth-order valence-electron chi connectivity index (χ4n) is 1.77. The maximum absolute atomic E-state index is 12.3. The van der Waals surface area contributed by atoms with Gasteiger partial charge in [0.1, 0.15) is 10.7 Å². The molecule has 18 heavy (non-hydrogen) atoms. The lowest BCUT2D eigenvalue weighted by atomic mass is 10.4. The highest BCUT2D eigenvalue weighted by Crippen LogP contribution is 2.33. The lowest BCUT2D eigenvalue weighted by Crippen LogP contribution is -2.28. The topological polar surface area (TPSA) is 62.6 Å². The summed E-state index contributed by atoms with van der Waals surface area (Å²) in [4.78, 5) is 0.205. The molecule has 0 bridgehead atoms. The Morgan fingerprint density at radius 3 is 2.78 bits per heavy atom. The fourth-order valence-corrected chi connectivity index (χ4v) is 3.97. The van der Waals surface area contributed by atoms with Crippen molar-refractivity contribution < 1.29 is 12.8 Å². The van der Waals surface area contributed by atoms with Crippen LogP contribution in [-0.4, -0.2) is 33.4 Å². The van der Waals surface area contributed by atoms with Gasteiger partial charge in [-0.3, -0.25) is 0 Å². The first-order valence-corrected chi connectivity index (χ1v) is 8.07. The number of furan rings is 1. The number of hydrogen-bond donors (Lipinski definition) is 1. The highest BCUT2D eigenvalue weighted by atomic mass is 79.9. The first kappa shape index (κ1) is 14.0. The summed E-state index contributed by atoms with van der Waals surface area (Å²) in [6.45, 7) is 1.09. The first-order valence-electron chi connectivity index (χ1n) is 5.84. The van der Waals surface area contributed by atoms with Crippen molar-refractivity contribution in [1.29, 1.82) is 0 Å². The van der Waals surface area contributed by atoms with E-state index in [9.17, 15) is 8.42 Å². The SMILES string of the molecule is CNCc1cc(S(=O)(=O)N(C)CC2CC2)c(Br)o1. The quantitative estimate of drug-likeness (QED) is 0.860. The molecule has 0 amide bonds. The standard InChI is InChI=1S/C11H17BrN2O3S/c1-13-6-9-5-10(11(12)17-9)18(15,16)14(2)7-8-3-4-8/h5,8,13H,3-4,6-7H2,1-2H3. The average Bonchev–Trinajstić information content (AvgIpc) is 3.02. The largest absolute Gasteiger partial charge is 0.452 e. The summed E-state index contributed by atoms with van der Waals surface area (Å²) >= 11 is 3.17. The van der Waals surface area contributed by atoms with Crippen molar-refractivity contribution in [2.45, 2.75) is 24.3 Å². The van der Waals surface area contributed by atoms with Gasteiger partial charge in [0, 0.05) is 19.7 Å². The van der Waals surface area contributed by atoms with E-state index in [-0.39, 0.29) is 9.56 Å². The number of nitrogens with one attached hydrogen (secondary N) is 1. The van der Waals surface area contributed by atoms with Crippen molar-refractivity contribution in [1.82, 2.24) is 9.62 Å². The number of nitrogens with zero attached hydrogens (tertiary/aromatic N) is 1. The molecule has 1 aromatic rings. The normalized spacial score (nSPS) is 16.4. The average molecular weight is 337 g/mol. The van der Waals surface area contributed by atoms with Crippen LogP contribution in [0.3, 0.4) is 0 Å². The summed E-state index contributed by atoms with van der Waals surface area (Å²) in [5.74, 6) is 1.12. The van der Waals surface area contributed by atoms with E-state index in [4.69, 9.17) is 4.42 Å². The molecule has 0 spiro atoms. The number of halogens is 1. The Bertz CT molecular complexity index is 522. The van der Waals surface area contributed by atoms with E-state index in [2.05, 4.69) is 21.2 Å². The van der Waals surface area contributed by atoms with Crippen molar-refractivity contribution in [3.63, 3.8) is 0 Å². The van der Waals surface area contributed by atoms with Crippen LogP contribution in [0.1, 0.15) is 18.6 Å². The van der Waals surface area contributed by atoms with Crippen molar-refractivity contribution in [3.05, 3.63) is 16.5 Å². The van der Waals surface area contributed by atoms with E-state index in [1.54, 1.807) is 20.2 Å². The molecule has 0 unspecified atom stereocenters. The predicted molar refractivity (Wildman–Crippen MR) is 71.7 cm³/mol. The summed E-state index contributed by atoms with van der Waals surface area (Å²) in [6, 6.07) is 1.57. The van der Waals surface area contributed by atoms with Gasteiger partial charge in [-0.15, -0.1) is 0 Å². The molecule has 1 N–H and O–H groups in total. The molecular formula is C11H17BrN2O3S. The molecule has 5 nitrogen and oxygen atoms in total. The van der Waals surface area contributed by atoms with Crippen LogP contribution >= 0.6 is 15.9 Å². The molecule has 1 aliphatic rings. The summed E-state index contributed by atoms with van der Waals surface area (Å²) < 4.78 is 31.7. The van der Waals surface area contributed by atoms with Gasteiger partial charge >= 0.3 is 0 Å². The summed E-state index contributed by atoms with van der Waals surface area (Å²) in [6.07, 6.45) is 2.24. The van der Waals surface area contributed by atoms with E-state index in [0.717, 1.165) is 12.8 Å². The van der Waals surface area contributed by atoms with Crippen LogP contribution in [0.15, 0.2) is 20.0 Å². The highest BCUT2D eigenvalue weighted by Gasteiger charge is 2.31. The Kier molecular flexibility index (Phi) is 4.15. The molecule has 0 atom stereocenters. The fraction of sp³-hybridized carbons (Fsp3) is 0.636. The smallest absolute Gasteiger partial charge is 0.247 e. The van der Waals surface area contributed by atoms with Gasteiger partial charge in [0.05, 0.1) is 6.54 Å². The lowest BCUT2D eigenvalue weighted by Gasteiger charge is -2.15. The highest BCUT2D eigenvalue weighted by molar-refractivity contribution is 9.10. The lowest BCUT2D eigenvalue weighted by molar-refractivity contribution is 0.445. The van der Waals surface area contributed by atoms with E-state index < -0.39 is 10.0 Å². The van der Waals surface area contributed by atoms with Gasteiger partial charge in [-0.05, 0) is 41.7 Å². The third-order valence-electron chi connectivity index (χ3n) is 2.96. The van der Waals surface area contributed by atoms with Crippen LogP contribution in [0.5, 0.6) is 0 Å². The zero-order chi connectivity index (χ0) is 13.3.